The zero-order valence-electron chi connectivity index (χ0n) is 15.2. The van der Waals surface area contributed by atoms with Crippen molar-refractivity contribution < 1.29 is 18.0 Å². The SMILES string of the molecule is Cc1ccc2[nH]c3c(SCC(=O)Nc4ccc(C(F)(F)F)cc4)ncnc3c2c1. The van der Waals surface area contributed by atoms with Gasteiger partial charge < -0.3 is 10.3 Å². The Morgan fingerprint density at radius 1 is 1.14 bits per heavy atom. The van der Waals surface area contributed by atoms with Gasteiger partial charge in [0.1, 0.15) is 16.9 Å². The standard InChI is InChI=1S/C20H15F3N4OS/c1-11-2-7-15-14(8-11)17-18(27-15)19(25-10-24-17)29-9-16(28)26-13-5-3-12(4-6-13)20(21,22)23/h2-8,10,27H,9H2,1H3,(H,26,28). The first-order valence-electron chi connectivity index (χ1n) is 8.64. The highest BCUT2D eigenvalue weighted by molar-refractivity contribution is 8.00. The van der Waals surface area contributed by atoms with Crippen molar-refractivity contribution >= 4 is 45.3 Å². The average Bonchev–Trinajstić information content (AvgIpc) is 3.04. The van der Waals surface area contributed by atoms with Gasteiger partial charge in [0.15, 0.2) is 0 Å². The second kappa shape index (κ2) is 7.40. The maximum absolute atomic E-state index is 12.6. The monoisotopic (exact) mass is 416 g/mol. The Kier molecular flexibility index (Phi) is 4.91. The number of halogens is 3. The predicted octanol–water partition coefficient (Wildman–Crippen LogP) is 5.17. The third-order valence-corrected chi connectivity index (χ3v) is 5.33. The number of hydrogen-bond donors (Lipinski definition) is 2. The lowest BCUT2D eigenvalue weighted by Crippen LogP contribution is -2.14. The van der Waals surface area contributed by atoms with E-state index < -0.39 is 11.7 Å². The largest absolute Gasteiger partial charge is 0.416 e. The second-order valence-electron chi connectivity index (χ2n) is 6.49. The van der Waals surface area contributed by atoms with Crippen LogP contribution in [0.15, 0.2) is 53.8 Å². The highest BCUT2D eigenvalue weighted by Gasteiger charge is 2.30. The van der Waals surface area contributed by atoms with Crippen molar-refractivity contribution in [2.24, 2.45) is 0 Å². The molecule has 0 radical (unpaired) electrons. The average molecular weight is 416 g/mol. The molecule has 2 heterocycles. The third kappa shape index (κ3) is 4.04. The van der Waals surface area contributed by atoms with Crippen molar-refractivity contribution in [1.29, 1.82) is 0 Å². The van der Waals surface area contributed by atoms with E-state index in [9.17, 15) is 18.0 Å². The van der Waals surface area contributed by atoms with E-state index in [2.05, 4.69) is 20.3 Å². The first kappa shape index (κ1) is 19.3. The summed E-state index contributed by atoms with van der Waals surface area (Å²) in [7, 11) is 0. The summed E-state index contributed by atoms with van der Waals surface area (Å²) in [4.78, 5) is 24.1. The summed E-state index contributed by atoms with van der Waals surface area (Å²) < 4.78 is 37.8. The molecule has 4 rings (SSSR count). The summed E-state index contributed by atoms with van der Waals surface area (Å²) in [5, 5.41) is 4.21. The molecule has 0 spiro atoms. The number of benzene rings is 2. The van der Waals surface area contributed by atoms with E-state index in [1.807, 2.05) is 25.1 Å². The molecule has 2 N–H and O–H groups in total. The first-order valence-corrected chi connectivity index (χ1v) is 9.63. The minimum atomic E-state index is -4.41. The number of nitrogens with zero attached hydrogens (tertiary/aromatic N) is 2. The van der Waals surface area contributed by atoms with E-state index in [-0.39, 0.29) is 11.7 Å². The Hall–Kier alpha value is -3.07. The molecule has 5 nitrogen and oxygen atoms in total. The van der Waals surface area contributed by atoms with Crippen LogP contribution in [-0.2, 0) is 11.0 Å². The molecular formula is C20H15F3N4OS. The van der Waals surface area contributed by atoms with Gasteiger partial charge in [-0.15, -0.1) is 0 Å². The number of carbonyl (C=O) groups is 1. The van der Waals surface area contributed by atoms with Crippen molar-refractivity contribution in [2.75, 3.05) is 11.1 Å². The van der Waals surface area contributed by atoms with Crippen LogP contribution in [0.1, 0.15) is 11.1 Å². The molecule has 0 atom stereocenters. The zero-order chi connectivity index (χ0) is 20.6. The fourth-order valence-corrected chi connectivity index (χ4v) is 3.72. The van der Waals surface area contributed by atoms with E-state index in [1.54, 1.807) is 0 Å². The summed E-state index contributed by atoms with van der Waals surface area (Å²) in [5.41, 5.74) is 3.12. The van der Waals surface area contributed by atoms with Crippen molar-refractivity contribution in [2.45, 2.75) is 18.1 Å². The smallest absolute Gasteiger partial charge is 0.351 e. The number of amides is 1. The molecule has 0 fully saturated rings. The van der Waals surface area contributed by atoms with Gasteiger partial charge in [0.25, 0.3) is 0 Å². The number of thioether (sulfide) groups is 1. The molecule has 0 aliphatic heterocycles. The van der Waals surface area contributed by atoms with E-state index in [0.29, 0.717) is 10.7 Å². The maximum Gasteiger partial charge on any atom is 0.416 e. The lowest BCUT2D eigenvalue weighted by molar-refractivity contribution is -0.137. The highest BCUT2D eigenvalue weighted by Crippen LogP contribution is 2.31. The van der Waals surface area contributed by atoms with Crippen molar-refractivity contribution in [3.8, 4) is 0 Å². The van der Waals surface area contributed by atoms with Crippen LogP contribution in [0.3, 0.4) is 0 Å². The summed E-state index contributed by atoms with van der Waals surface area (Å²) in [6, 6.07) is 10.3. The normalized spacial score (nSPS) is 11.9. The van der Waals surface area contributed by atoms with Gasteiger partial charge in [0.2, 0.25) is 5.91 Å². The number of rotatable bonds is 4. The minimum Gasteiger partial charge on any atom is -0.351 e. The van der Waals surface area contributed by atoms with Crippen molar-refractivity contribution in [3.63, 3.8) is 0 Å². The molecule has 0 bridgehead atoms. The van der Waals surface area contributed by atoms with Crippen LogP contribution in [0.2, 0.25) is 0 Å². The molecule has 1 amide bonds. The Labute approximate surface area is 167 Å². The molecule has 29 heavy (non-hydrogen) atoms. The molecule has 2 aromatic heterocycles. The number of fused-ring (bicyclic) bond motifs is 3. The Balaban J connectivity index is 1.48. The fourth-order valence-electron chi connectivity index (χ4n) is 2.97. The quantitative estimate of drug-likeness (QED) is 0.356. The van der Waals surface area contributed by atoms with Gasteiger partial charge in [-0.05, 0) is 43.3 Å². The number of nitrogens with one attached hydrogen (secondary N) is 2. The van der Waals surface area contributed by atoms with Gasteiger partial charge in [0.05, 0.1) is 16.8 Å². The Morgan fingerprint density at radius 3 is 2.62 bits per heavy atom. The number of hydrogen-bond acceptors (Lipinski definition) is 4. The molecular weight excluding hydrogens is 401 g/mol. The van der Waals surface area contributed by atoms with Crippen LogP contribution >= 0.6 is 11.8 Å². The summed E-state index contributed by atoms with van der Waals surface area (Å²) >= 11 is 1.23. The van der Waals surface area contributed by atoms with Crippen LogP contribution in [-0.4, -0.2) is 26.6 Å². The summed E-state index contributed by atoms with van der Waals surface area (Å²) in [6.45, 7) is 2.00. The van der Waals surface area contributed by atoms with Gasteiger partial charge >= 0.3 is 6.18 Å². The summed E-state index contributed by atoms with van der Waals surface area (Å²) in [6.07, 6.45) is -2.96. The highest BCUT2D eigenvalue weighted by atomic mass is 32.2. The van der Waals surface area contributed by atoms with E-state index in [1.165, 1.54) is 30.2 Å². The molecule has 0 aliphatic carbocycles. The number of aromatic amines is 1. The van der Waals surface area contributed by atoms with Crippen LogP contribution in [0.4, 0.5) is 18.9 Å². The molecule has 9 heteroatoms. The minimum absolute atomic E-state index is 0.0571. The molecule has 0 unspecified atom stereocenters. The maximum atomic E-state index is 12.6. The number of carbonyl (C=O) groups excluding carboxylic acids is 1. The van der Waals surface area contributed by atoms with E-state index in [0.717, 1.165) is 39.6 Å². The van der Waals surface area contributed by atoms with Gasteiger partial charge in [-0.2, -0.15) is 13.2 Å². The number of aryl methyl sites for hydroxylation is 1. The Bertz CT molecular complexity index is 1200. The zero-order valence-corrected chi connectivity index (χ0v) is 16.0. The molecule has 2 aromatic carbocycles. The molecule has 0 saturated heterocycles. The molecule has 148 valence electrons. The second-order valence-corrected chi connectivity index (χ2v) is 7.45. The van der Waals surface area contributed by atoms with Gasteiger partial charge in [-0.3, -0.25) is 4.79 Å². The topological polar surface area (TPSA) is 70.7 Å². The van der Waals surface area contributed by atoms with Gasteiger partial charge in [0, 0.05) is 16.6 Å². The third-order valence-electron chi connectivity index (χ3n) is 4.34. The Morgan fingerprint density at radius 2 is 1.90 bits per heavy atom. The van der Waals surface area contributed by atoms with Crippen LogP contribution in [0.5, 0.6) is 0 Å². The number of anilines is 1. The van der Waals surface area contributed by atoms with E-state index >= 15 is 0 Å². The lowest BCUT2D eigenvalue weighted by atomic mass is 10.2. The van der Waals surface area contributed by atoms with Crippen LogP contribution < -0.4 is 5.32 Å². The molecule has 0 saturated carbocycles. The van der Waals surface area contributed by atoms with Crippen LogP contribution in [0.25, 0.3) is 21.9 Å². The fraction of sp³-hybridized carbons (Fsp3) is 0.150. The lowest BCUT2D eigenvalue weighted by Gasteiger charge is -2.08. The molecule has 0 aliphatic rings. The predicted molar refractivity (Wildman–Crippen MR) is 107 cm³/mol. The molecule has 4 aromatic rings. The number of H-pyrrole nitrogens is 1. The summed E-state index contributed by atoms with van der Waals surface area (Å²) in [5.74, 6) is -0.282. The van der Waals surface area contributed by atoms with E-state index in [4.69, 9.17) is 0 Å². The van der Waals surface area contributed by atoms with Crippen LogP contribution in [0, 0.1) is 6.92 Å². The van der Waals surface area contributed by atoms with Gasteiger partial charge in [-0.1, -0.05) is 23.4 Å². The van der Waals surface area contributed by atoms with Gasteiger partial charge in [-0.25, -0.2) is 9.97 Å². The first-order chi connectivity index (χ1) is 13.8. The van der Waals surface area contributed by atoms with Crippen molar-refractivity contribution in [3.05, 3.63) is 59.9 Å². The number of aromatic nitrogens is 3. The van der Waals surface area contributed by atoms with Crippen molar-refractivity contribution in [1.82, 2.24) is 15.0 Å². The number of alkyl halides is 3.